The first kappa shape index (κ1) is 20.6. The third kappa shape index (κ3) is 5.90. The highest BCUT2D eigenvalue weighted by atomic mass is 32.2. The van der Waals surface area contributed by atoms with Gasteiger partial charge in [-0.1, -0.05) is 58.0 Å². The van der Waals surface area contributed by atoms with Gasteiger partial charge >= 0.3 is 5.97 Å². The minimum Gasteiger partial charge on any atom is -0.464 e. The van der Waals surface area contributed by atoms with E-state index in [1.807, 2.05) is 44.2 Å². The van der Waals surface area contributed by atoms with Gasteiger partial charge in [0.1, 0.15) is 6.04 Å². The highest BCUT2D eigenvalue weighted by molar-refractivity contribution is 8.00. The fraction of sp³-hybridized carbons (Fsp3) is 0.524. The Morgan fingerprint density at radius 1 is 1.19 bits per heavy atom. The van der Waals surface area contributed by atoms with E-state index < -0.39 is 6.04 Å². The SMILES string of the molecule is CC(C)COC(=O)[C@@H]1CS[C@@H](CC(C)C)N1C(=O)/C=C/c1ccccc1. The lowest BCUT2D eigenvalue weighted by Gasteiger charge is -2.28. The van der Waals surface area contributed by atoms with Gasteiger partial charge in [-0.25, -0.2) is 4.79 Å². The molecule has 1 aliphatic heterocycles. The van der Waals surface area contributed by atoms with E-state index in [1.165, 1.54) is 0 Å². The molecule has 2 rings (SSSR count). The van der Waals surface area contributed by atoms with Crippen molar-refractivity contribution >= 4 is 29.7 Å². The van der Waals surface area contributed by atoms with Crippen molar-refractivity contribution in [3.05, 3.63) is 42.0 Å². The van der Waals surface area contributed by atoms with Crippen LogP contribution in [-0.4, -0.2) is 40.6 Å². The Balaban J connectivity index is 2.13. The second-order valence-corrected chi connectivity index (χ2v) is 8.66. The average Bonchev–Trinajstić information content (AvgIpc) is 3.01. The summed E-state index contributed by atoms with van der Waals surface area (Å²) in [5, 5.41) is 0.0134. The lowest BCUT2D eigenvalue weighted by Crippen LogP contribution is -2.46. The molecule has 0 aliphatic carbocycles. The maximum Gasteiger partial charge on any atom is 0.329 e. The number of amides is 1. The van der Waals surface area contributed by atoms with Crippen molar-refractivity contribution in [2.75, 3.05) is 12.4 Å². The van der Waals surface area contributed by atoms with Crippen molar-refractivity contribution < 1.29 is 14.3 Å². The quantitative estimate of drug-likeness (QED) is 0.529. The third-order valence-electron chi connectivity index (χ3n) is 4.07. The monoisotopic (exact) mass is 375 g/mol. The van der Waals surface area contributed by atoms with Crippen molar-refractivity contribution in [3.63, 3.8) is 0 Å². The fourth-order valence-electron chi connectivity index (χ4n) is 2.79. The molecular weight excluding hydrogens is 346 g/mol. The van der Waals surface area contributed by atoms with Crippen molar-refractivity contribution in [3.8, 4) is 0 Å². The van der Waals surface area contributed by atoms with E-state index in [0.717, 1.165) is 12.0 Å². The summed E-state index contributed by atoms with van der Waals surface area (Å²) < 4.78 is 5.41. The zero-order valence-corrected chi connectivity index (χ0v) is 16.9. The number of carbonyl (C=O) groups is 2. The van der Waals surface area contributed by atoms with Gasteiger partial charge in [-0.3, -0.25) is 4.79 Å². The molecule has 5 heteroatoms. The normalized spacial score (nSPS) is 20.3. The minimum atomic E-state index is -0.504. The van der Waals surface area contributed by atoms with Crippen LogP contribution in [0, 0.1) is 11.8 Å². The first-order chi connectivity index (χ1) is 12.4. The molecule has 0 N–H and O–H groups in total. The van der Waals surface area contributed by atoms with Crippen molar-refractivity contribution in [1.29, 1.82) is 0 Å². The van der Waals surface area contributed by atoms with Gasteiger partial charge in [-0.2, -0.15) is 0 Å². The molecule has 1 aromatic rings. The molecule has 0 radical (unpaired) electrons. The number of hydrogen-bond acceptors (Lipinski definition) is 4. The van der Waals surface area contributed by atoms with Crippen LogP contribution in [0.15, 0.2) is 36.4 Å². The average molecular weight is 376 g/mol. The molecule has 1 aliphatic rings. The van der Waals surface area contributed by atoms with E-state index in [-0.39, 0.29) is 23.2 Å². The lowest BCUT2D eigenvalue weighted by atomic mass is 10.1. The Morgan fingerprint density at radius 3 is 2.50 bits per heavy atom. The van der Waals surface area contributed by atoms with Crippen molar-refractivity contribution in [2.24, 2.45) is 11.8 Å². The van der Waals surface area contributed by atoms with Crippen LogP contribution < -0.4 is 0 Å². The fourth-order valence-corrected chi connectivity index (χ4v) is 4.42. The maximum absolute atomic E-state index is 12.9. The molecule has 1 heterocycles. The van der Waals surface area contributed by atoms with Crippen LogP contribution >= 0.6 is 11.8 Å². The first-order valence-electron chi connectivity index (χ1n) is 9.22. The summed E-state index contributed by atoms with van der Waals surface area (Å²) in [6, 6.07) is 9.20. The Hall–Kier alpha value is -1.75. The standard InChI is InChI=1S/C21H29NO3S/c1-15(2)12-20-22(18(14-26-20)21(24)25-13-16(3)4)19(23)11-10-17-8-6-5-7-9-17/h5-11,15-16,18,20H,12-14H2,1-4H3/b11-10+/t18-,20-/m0/s1. The summed E-state index contributed by atoms with van der Waals surface area (Å²) in [4.78, 5) is 27.1. The van der Waals surface area contributed by atoms with E-state index in [2.05, 4.69) is 13.8 Å². The van der Waals surface area contributed by atoms with Crippen molar-refractivity contribution in [2.45, 2.75) is 45.5 Å². The van der Waals surface area contributed by atoms with Crippen LogP contribution in [0.3, 0.4) is 0 Å². The molecule has 0 saturated carbocycles. The summed E-state index contributed by atoms with van der Waals surface area (Å²) in [6.45, 7) is 8.66. The molecule has 1 saturated heterocycles. The Labute approximate surface area is 161 Å². The van der Waals surface area contributed by atoms with Crippen molar-refractivity contribution in [1.82, 2.24) is 4.90 Å². The number of ether oxygens (including phenoxy) is 1. The van der Waals surface area contributed by atoms with Gasteiger partial charge < -0.3 is 9.64 Å². The van der Waals surface area contributed by atoms with Crippen LogP contribution in [0.4, 0.5) is 0 Å². The third-order valence-corrected chi connectivity index (χ3v) is 5.38. The number of nitrogens with zero attached hydrogens (tertiary/aromatic N) is 1. The molecule has 2 atom stereocenters. The summed E-state index contributed by atoms with van der Waals surface area (Å²) >= 11 is 1.67. The first-order valence-corrected chi connectivity index (χ1v) is 10.3. The van der Waals surface area contributed by atoms with E-state index in [4.69, 9.17) is 4.74 Å². The van der Waals surface area contributed by atoms with E-state index >= 15 is 0 Å². The molecule has 0 bridgehead atoms. The molecule has 1 fully saturated rings. The number of rotatable bonds is 7. The number of esters is 1. The van der Waals surface area contributed by atoms with Crippen LogP contribution in [0.1, 0.15) is 39.7 Å². The number of benzene rings is 1. The van der Waals surface area contributed by atoms with Gasteiger partial charge in [-0.15, -0.1) is 11.8 Å². The van der Waals surface area contributed by atoms with Gasteiger partial charge in [0.25, 0.3) is 0 Å². The molecule has 1 aromatic carbocycles. The summed E-state index contributed by atoms with van der Waals surface area (Å²) in [5.74, 6) is 0.905. The van der Waals surface area contributed by atoms with Gasteiger partial charge in [0.2, 0.25) is 5.91 Å². The molecule has 26 heavy (non-hydrogen) atoms. The van der Waals surface area contributed by atoms with Gasteiger partial charge in [0, 0.05) is 11.8 Å². The summed E-state index contributed by atoms with van der Waals surface area (Å²) in [6.07, 6.45) is 4.23. The molecule has 4 nitrogen and oxygen atoms in total. The topological polar surface area (TPSA) is 46.6 Å². The van der Waals surface area contributed by atoms with Crippen LogP contribution in [0.5, 0.6) is 0 Å². The Bertz CT molecular complexity index is 627. The number of hydrogen-bond donors (Lipinski definition) is 0. The maximum atomic E-state index is 12.9. The Kier molecular flexibility index (Phi) is 7.76. The predicted molar refractivity (Wildman–Crippen MR) is 108 cm³/mol. The van der Waals surface area contributed by atoms with Crippen LogP contribution in [0.25, 0.3) is 6.08 Å². The molecule has 0 unspecified atom stereocenters. The van der Waals surface area contributed by atoms with Gasteiger partial charge in [0.15, 0.2) is 0 Å². The smallest absolute Gasteiger partial charge is 0.329 e. The molecule has 0 spiro atoms. The summed E-state index contributed by atoms with van der Waals surface area (Å²) in [7, 11) is 0. The molecule has 142 valence electrons. The van der Waals surface area contributed by atoms with E-state index in [9.17, 15) is 9.59 Å². The van der Waals surface area contributed by atoms with Crippen LogP contribution in [-0.2, 0) is 14.3 Å². The zero-order chi connectivity index (χ0) is 19.1. The van der Waals surface area contributed by atoms with Gasteiger partial charge in [0.05, 0.1) is 12.0 Å². The Morgan fingerprint density at radius 2 is 1.88 bits per heavy atom. The molecule has 1 amide bonds. The van der Waals surface area contributed by atoms with Gasteiger partial charge in [-0.05, 0) is 29.9 Å². The molecule has 0 aromatic heterocycles. The highest BCUT2D eigenvalue weighted by Crippen LogP contribution is 2.34. The predicted octanol–water partition coefficient (Wildman–Crippen LogP) is 4.22. The highest BCUT2D eigenvalue weighted by Gasteiger charge is 2.41. The second kappa shape index (κ2) is 9.81. The largest absolute Gasteiger partial charge is 0.464 e. The summed E-state index contributed by atoms with van der Waals surface area (Å²) in [5.41, 5.74) is 0.965. The van der Waals surface area contributed by atoms with E-state index in [1.54, 1.807) is 28.8 Å². The van der Waals surface area contributed by atoms with E-state index in [0.29, 0.717) is 18.3 Å². The lowest BCUT2D eigenvalue weighted by molar-refractivity contribution is -0.153. The van der Waals surface area contributed by atoms with Crippen LogP contribution in [0.2, 0.25) is 0 Å². The molecular formula is C21H29NO3S. The second-order valence-electron chi connectivity index (χ2n) is 7.45. The number of thioether (sulfide) groups is 1. The number of carbonyl (C=O) groups excluding carboxylic acids is 2. The minimum absolute atomic E-state index is 0.0134. The zero-order valence-electron chi connectivity index (χ0n) is 16.1.